The molecule has 1 atom stereocenters. The topological polar surface area (TPSA) is 63.6 Å². The monoisotopic (exact) mass is 318 g/mol. The van der Waals surface area contributed by atoms with Crippen LogP contribution in [0.5, 0.6) is 0 Å². The summed E-state index contributed by atoms with van der Waals surface area (Å²) >= 11 is 7.16. The summed E-state index contributed by atoms with van der Waals surface area (Å²) in [6, 6.07) is 3.46. The highest BCUT2D eigenvalue weighted by Crippen LogP contribution is 2.36. The number of carboxylic acid groups (broad SMARTS) is 1. The van der Waals surface area contributed by atoms with Crippen LogP contribution in [-0.2, 0) is 20.7 Å². The summed E-state index contributed by atoms with van der Waals surface area (Å²) in [5.41, 5.74) is -1.54. The van der Waals surface area contributed by atoms with Crippen LogP contribution in [0.2, 0.25) is 4.34 Å². The van der Waals surface area contributed by atoms with Gasteiger partial charge in [-0.05, 0) is 31.4 Å². The lowest BCUT2D eigenvalue weighted by molar-refractivity contribution is -0.170. The Hall–Kier alpha value is -1.07. The molecule has 112 valence electrons. The molecule has 0 aliphatic rings. The molecule has 0 saturated carbocycles. The minimum Gasteiger partial charge on any atom is -0.480 e. The van der Waals surface area contributed by atoms with E-state index in [9.17, 15) is 14.7 Å². The average Bonchev–Trinajstić information content (AvgIpc) is 2.73. The average molecular weight is 319 g/mol. The maximum Gasteiger partial charge on any atom is 0.323 e. The number of ether oxygens (including phenoxy) is 1. The fourth-order valence-electron chi connectivity index (χ4n) is 2.19. The van der Waals surface area contributed by atoms with Crippen molar-refractivity contribution in [2.75, 3.05) is 6.61 Å². The van der Waals surface area contributed by atoms with Crippen molar-refractivity contribution < 1.29 is 19.4 Å². The quantitative estimate of drug-likeness (QED) is 0.616. The molecule has 0 amide bonds. The molecule has 0 aliphatic heterocycles. The van der Waals surface area contributed by atoms with E-state index in [4.69, 9.17) is 16.3 Å². The summed E-state index contributed by atoms with van der Waals surface area (Å²) in [5, 5.41) is 9.61. The van der Waals surface area contributed by atoms with Gasteiger partial charge in [-0.3, -0.25) is 9.59 Å². The second-order valence-corrected chi connectivity index (χ2v) is 6.89. The minimum absolute atomic E-state index is 0.0611. The Balaban J connectivity index is 3.14. The van der Waals surface area contributed by atoms with Crippen molar-refractivity contribution in [1.82, 2.24) is 0 Å². The van der Waals surface area contributed by atoms with E-state index in [-0.39, 0.29) is 25.4 Å². The Bertz CT molecular complexity index is 483. The highest BCUT2D eigenvalue weighted by atomic mass is 35.5. The van der Waals surface area contributed by atoms with E-state index >= 15 is 0 Å². The summed E-state index contributed by atoms with van der Waals surface area (Å²) in [7, 11) is 0. The third kappa shape index (κ3) is 3.96. The van der Waals surface area contributed by atoms with Gasteiger partial charge in [0.25, 0.3) is 0 Å². The summed E-state index contributed by atoms with van der Waals surface area (Å²) < 4.78 is 5.58. The van der Waals surface area contributed by atoms with Gasteiger partial charge in [-0.1, -0.05) is 25.4 Å². The van der Waals surface area contributed by atoms with Crippen LogP contribution < -0.4 is 0 Å². The van der Waals surface area contributed by atoms with Crippen LogP contribution >= 0.6 is 22.9 Å². The number of hydrogen-bond donors (Lipinski definition) is 1. The molecular formula is C14H19ClO4S. The van der Waals surface area contributed by atoms with Crippen LogP contribution in [0.15, 0.2) is 12.1 Å². The van der Waals surface area contributed by atoms with Gasteiger partial charge in [0.1, 0.15) is 0 Å². The molecule has 0 aliphatic carbocycles. The van der Waals surface area contributed by atoms with Crippen LogP contribution in [0.25, 0.3) is 0 Å². The van der Waals surface area contributed by atoms with Crippen LogP contribution in [0.3, 0.4) is 0 Å². The first kappa shape index (κ1) is 17.0. The van der Waals surface area contributed by atoms with E-state index in [1.54, 1.807) is 19.1 Å². The standard InChI is InChI=1S/C14H19ClO4S/c1-4-19-13(18)14(12(16)17,7-9(2)3)8-10-5-6-11(15)20-10/h5-6,9H,4,7-8H2,1-3H3,(H,16,17). The third-order valence-electron chi connectivity index (χ3n) is 2.94. The number of rotatable bonds is 7. The van der Waals surface area contributed by atoms with Gasteiger partial charge in [-0.2, -0.15) is 0 Å². The molecule has 1 N–H and O–H groups in total. The molecule has 0 bridgehead atoms. The van der Waals surface area contributed by atoms with E-state index in [2.05, 4.69) is 0 Å². The minimum atomic E-state index is -1.54. The number of aliphatic carboxylic acids is 1. The molecular weight excluding hydrogens is 300 g/mol. The number of carboxylic acids is 1. The molecule has 1 heterocycles. The maximum atomic E-state index is 12.2. The van der Waals surface area contributed by atoms with Crippen molar-refractivity contribution >= 4 is 34.9 Å². The lowest BCUT2D eigenvalue weighted by atomic mass is 9.77. The molecule has 0 saturated heterocycles. The Labute approximate surface area is 127 Å². The summed E-state index contributed by atoms with van der Waals surface area (Å²) in [6.45, 7) is 5.61. The fraction of sp³-hybridized carbons (Fsp3) is 0.571. The lowest BCUT2D eigenvalue weighted by Crippen LogP contribution is -2.43. The molecule has 1 aromatic heterocycles. The molecule has 0 fully saturated rings. The zero-order valence-electron chi connectivity index (χ0n) is 11.8. The molecule has 6 heteroatoms. The molecule has 0 spiro atoms. The van der Waals surface area contributed by atoms with Crippen molar-refractivity contribution in [3.05, 3.63) is 21.3 Å². The molecule has 4 nitrogen and oxygen atoms in total. The largest absolute Gasteiger partial charge is 0.480 e. The van der Waals surface area contributed by atoms with E-state index in [1.807, 2.05) is 13.8 Å². The Morgan fingerprint density at radius 3 is 2.50 bits per heavy atom. The molecule has 1 aromatic rings. The van der Waals surface area contributed by atoms with Crippen molar-refractivity contribution in [2.45, 2.75) is 33.6 Å². The van der Waals surface area contributed by atoms with Crippen molar-refractivity contribution in [2.24, 2.45) is 11.3 Å². The Morgan fingerprint density at radius 2 is 2.10 bits per heavy atom. The molecule has 20 heavy (non-hydrogen) atoms. The van der Waals surface area contributed by atoms with Gasteiger partial charge in [0.2, 0.25) is 0 Å². The van der Waals surface area contributed by atoms with Gasteiger partial charge in [0.15, 0.2) is 5.41 Å². The second-order valence-electron chi connectivity index (χ2n) is 5.09. The predicted molar refractivity (Wildman–Crippen MR) is 79.2 cm³/mol. The summed E-state index contributed by atoms with van der Waals surface area (Å²) in [6.07, 6.45) is 0.341. The number of carbonyl (C=O) groups is 2. The third-order valence-corrected chi connectivity index (χ3v) is 4.17. The van der Waals surface area contributed by atoms with Crippen LogP contribution in [0.4, 0.5) is 0 Å². The second kappa shape index (κ2) is 7.09. The van der Waals surface area contributed by atoms with Crippen molar-refractivity contribution in [3.63, 3.8) is 0 Å². The van der Waals surface area contributed by atoms with Crippen LogP contribution in [0.1, 0.15) is 32.1 Å². The Kier molecular flexibility index (Phi) is 6.02. The number of thiophene rings is 1. The van der Waals surface area contributed by atoms with Gasteiger partial charge >= 0.3 is 11.9 Å². The molecule has 0 radical (unpaired) electrons. The maximum absolute atomic E-state index is 12.2. The smallest absolute Gasteiger partial charge is 0.323 e. The fourth-order valence-corrected chi connectivity index (χ4v) is 3.39. The number of hydrogen-bond acceptors (Lipinski definition) is 4. The number of halogens is 1. The highest BCUT2D eigenvalue weighted by molar-refractivity contribution is 7.16. The zero-order valence-corrected chi connectivity index (χ0v) is 13.4. The van der Waals surface area contributed by atoms with Crippen molar-refractivity contribution in [3.8, 4) is 0 Å². The van der Waals surface area contributed by atoms with E-state index in [0.29, 0.717) is 4.34 Å². The molecule has 1 rings (SSSR count). The van der Waals surface area contributed by atoms with Crippen LogP contribution in [0, 0.1) is 11.3 Å². The first-order valence-electron chi connectivity index (χ1n) is 6.46. The zero-order chi connectivity index (χ0) is 15.3. The lowest BCUT2D eigenvalue weighted by Gasteiger charge is -2.28. The first-order valence-corrected chi connectivity index (χ1v) is 7.66. The van der Waals surface area contributed by atoms with Gasteiger partial charge < -0.3 is 9.84 Å². The van der Waals surface area contributed by atoms with E-state index in [0.717, 1.165) is 4.88 Å². The van der Waals surface area contributed by atoms with E-state index < -0.39 is 17.4 Å². The molecule has 0 aromatic carbocycles. The summed E-state index contributed by atoms with van der Waals surface area (Å²) in [4.78, 5) is 24.7. The normalized spacial score (nSPS) is 14.1. The Morgan fingerprint density at radius 1 is 1.45 bits per heavy atom. The SMILES string of the molecule is CCOC(=O)C(Cc1ccc(Cl)s1)(CC(C)C)C(=O)O. The molecule has 1 unspecified atom stereocenters. The van der Waals surface area contributed by atoms with Gasteiger partial charge in [0.05, 0.1) is 10.9 Å². The van der Waals surface area contributed by atoms with E-state index in [1.165, 1.54) is 11.3 Å². The highest BCUT2D eigenvalue weighted by Gasteiger charge is 2.48. The summed E-state index contributed by atoms with van der Waals surface area (Å²) in [5.74, 6) is -1.76. The van der Waals surface area contributed by atoms with Crippen molar-refractivity contribution in [1.29, 1.82) is 0 Å². The van der Waals surface area contributed by atoms with Gasteiger partial charge in [-0.25, -0.2) is 0 Å². The van der Waals surface area contributed by atoms with Gasteiger partial charge in [-0.15, -0.1) is 11.3 Å². The van der Waals surface area contributed by atoms with Crippen LogP contribution in [-0.4, -0.2) is 23.7 Å². The number of carbonyl (C=O) groups excluding carboxylic acids is 1. The number of esters is 1. The predicted octanol–water partition coefficient (Wildman–Crippen LogP) is 3.62. The first-order chi connectivity index (χ1) is 9.31. The van der Waals surface area contributed by atoms with Gasteiger partial charge in [0, 0.05) is 11.3 Å².